The first kappa shape index (κ1) is 11.4. The Morgan fingerprint density at radius 1 is 1.29 bits per heavy atom. The van der Waals surface area contributed by atoms with Gasteiger partial charge in [0.2, 0.25) is 0 Å². The third-order valence-electron chi connectivity index (χ3n) is 2.04. The Bertz CT molecular complexity index is 543. The number of hydrogen-bond donors (Lipinski definition) is 1. The number of carboxylic acids is 1. The van der Waals surface area contributed by atoms with Crippen LogP contribution in [0.25, 0.3) is 0 Å². The molecule has 0 spiro atoms. The van der Waals surface area contributed by atoms with Crippen molar-refractivity contribution in [2.45, 2.75) is 0 Å². The minimum atomic E-state index is -1.07. The van der Waals surface area contributed by atoms with Crippen LogP contribution in [0.1, 0.15) is 10.4 Å². The molecule has 5 heteroatoms. The molecule has 1 heterocycles. The molecule has 0 saturated heterocycles. The molecule has 0 radical (unpaired) electrons. The summed E-state index contributed by atoms with van der Waals surface area (Å²) in [7, 11) is 0. The fourth-order valence-corrected chi connectivity index (χ4v) is 1.53. The molecular weight excluding hydrogens is 242 g/mol. The molecule has 1 aromatic carbocycles. The molecule has 0 atom stereocenters. The molecule has 86 valence electrons. The van der Waals surface area contributed by atoms with Crippen LogP contribution in [0.5, 0.6) is 11.5 Å². The first-order valence-electron chi connectivity index (χ1n) is 4.77. The molecule has 0 saturated carbocycles. The van der Waals surface area contributed by atoms with Gasteiger partial charge in [0.05, 0.1) is 16.8 Å². The van der Waals surface area contributed by atoms with Crippen LogP contribution < -0.4 is 4.74 Å². The highest BCUT2D eigenvalue weighted by molar-refractivity contribution is 6.33. The standard InChI is InChI=1S/C12H8ClNO3/c13-11-6-8(3-4-10(11)12(15)16)17-9-2-1-5-14-7-9/h1-7H,(H,15,16). The van der Waals surface area contributed by atoms with E-state index >= 15 is 0 Å². The lowest BCUT2D eigenvalue weighted by Gasteiger charge is -2.06. The third kappa shape index (κ3) is 2.73. The second kappa shape index (κ2) is 4.84. The second-order valence-corrected chi connectivity index (χ2v) is 3.64. The zero-order valence-electron chi connectivity index (χ0n) is 8.63. The Hall–Kier alpha value is -2.07. The highest BCUT2D eigenvalue weighted by atomic mass is 35.5. The number of halogens is 1. The van der Waals surface area contributed by atoms with Gasteiger partial charge in [0, 0.05) is 12.3 Å². The Kier molecular flexibility index (Phi) is 3.25. The van der Waals surface area contributed by atoms with Crippen LogP contribution in [0.2, 0.25) is 5.02 Å². The maximum absolute atomic E-state index is 10.8. The molecule has 1 aromatic heterocycles. The van der Waals surface area contributed by atoms with Gasteiger partial charge in [-0.2, -0.15) is 0 Å². The summed E-state index contributed by atoms with van der Waals surface area (Å²) in [6, 6.07) is 7.88. The van der Waals surface area contributed by atoms with Crippen molar-refractivity contribution < 1.29 is 14.6 Å². The van der Waals surface area contributed by atoms with Gasteiger partial charge in [-0.05, 0) is 24.3 Å². The van der Waals surface area contributed by atoms with Crippen molar-refractivity contribution in [3.63, 3.8) is 0 Å². The molecule has 17 heavy (non-hydrogen) atoms. The molecule has 0 unspecified atom stereocenters. The van der Waals surface area contributed by atoms with Gasteiger partial charge in [-0.15, -0.1) is 0 Å². The van der Waals surface area contributed by atoms with E-state index in [0.29, 0.717) is 11.5 Å². The smallest absolute Gasteiger partial charge is 0.337 e. The predicted molar refractivity (Wildman–Crippen MR) is 62.7 cm³/mol. The van der Waals surface area contributed by atoms with E-state index < -0.39 is 5.97 Å². The molecule has 4 nitrogen and oxygen atoms in total. The zero-order valence-corrected chi connectivity index (χ0v) is 9.39. The Morgan fingerprint density at radius 2 is 2.12 bits per heavy atom. The topological polar surface area (TPSA) is 59.4 Å². The summed E-state index contributed by atoms with van der Waals surface area (Å²) < 4.78 is 5.45. The first-order valence-corrected chi connectivity index (χ1v) is 5.15. The van der Waals surface area contributed by atoms with Crippen LogP contribution in [0, 0.1) is 0 Å². The summed E-state index contributed by atoms with van der Waals surface area (Å²) in [4.78, 5) is 14.7. The van der Waals surface area contributed by atoms with Crippen molar-refractivity contribution in [1.29, 1.82) is 0 Å². The minimum absolute atomic E-state index is 0.0465. The number of carboxylic acid groups (broad SMARTS) is 1. The van der Waals surface area contributed by atoms with Crippen LogP contribution >= 0.6 is 11.6 Å². The maximum atomic E-state index is 10.8. The molecule has 0 aliphatic rings. The van der Waals surface area contributed by atoms with Gasteiger partial charge in [0.15, 0.2) is 0 Å². The van der Waals surface area contributed by atoms with Crippen molar-refractivity contribution >= 4 is 17.6 Å². The number of nitrogens with zero attached hydrogens (tertiary/aromatic N) is 1. The number of rotatable bonds is 3. The first-order chi connectivity index (χ1) is 8.16. The molecular formula is C12H8ClNO3. The van der Waals surface area contributed by atoms with E-state index in [1.807, 2.05) is 0 Å². The number of benzene rings is 1. The number of hydrogen-bond acceptors (Lipinski definition) is 3. The Morgan fingerprint density at radius 3 is 2.71 bits per heavy atom. The summed E-state index contributed by atoms with van der Waals surface area (Å²) in [5, 5.41) is 8.95. The summed E-state index contributed by atoms with van der Waals surface area (Å²) >= 11 is 5.81. The van der Waals surface area contributed by atoms with Gasteiger partial charge < -0.3 is 9.84 Å². The molecule has 0 bridgehead atoms. The molecule has 2 aromatic rings. The van der Waals surface area contributed by atoms with Crippen LogP contribution in [-0.4, -0.2) is 16.1 Å². The van der Waals surface area contributed by atoms with Gasteiger partial charge in [-0.25, -0.2) is 4.79 Å². The molecule has 0 aliphatic heterocycles. The van der Waals surface area contributed by atoms with Crippen LogP contribution in [0.15, 0.2) is 42.7 Å². The van der Waals surface area contributed by atoms with Gasteiger partial charge in [-0.3, -0.25) is 4.98 Å². The van der Waals surface area contributed by atoms with Crippen molar-refractivity contribution in [3.05, 3.63) is 53.3 Å². The average molecular weight is 250 g/mol. The molecule has 0 aliphatic carbocycles. The fourth-order valence-electron chi connectivity index (χ4n) is 1.28. The van der Waals surface area contributed by atoms with Crippen LogP contribution in [0.4, 0.5) is 0 Å². The van der Waals surface area contributed by atoms with E-state index in [9.17, 15) is 4.79 Å². The van der Waals surface area contributed by atoms with Gasteiger partial charge in [-0.1, -0.05) is 11.6 Å². The van der Waals surface area contributed by atoms with Crippen LogP contribution in [-0.2, 0) is 0 Å². The summed E-state index contributed by atoms with van der Waals surface area (Å²) in [5.74, 6) is -0.0393. The number of carbonyl (C=O) groups is 1. The van der Waals surface area contributed by atoms with Gasteiger partial charge >= 0.3 is 5.97 Å². The van der Waals surface area contributed by atoms with Crippen molar-refractivity contribution in [2.24, 2.45) is 0 Å². The molecule has 2 rings (SSSR count). The van der Waals surface area contributed by atoms with Crippen molar-refractivity contribution in [1.82, 2.24) is 4.98 Å². The predicted octanol–water partition coefficient (Wildman–Crippen LogP) is 3.23. The fraction of sp³-hybridized carbons (Fsp3) is 0. The van der Waals surface area contributed by atoms with E-state index in [4.69, 9.17) is 21.4 Å². The normalized spacial score (nSPS) is 9.94. The highest BCUT2D eigenvalue weighted by Crippen LogP contribution is 2.26. The minimum Gasteiger partial charge on any atom is -0.478 e. The number of aromatic carboxylic acids is 1. The summed E-state index contributed by atoms with van der Waals surface area (Å²) in [6.07, 6.45) is 3.19. The van der Waals surface area contributed by atoms with Crippen molar-refractivity contribution in [2.75, 3.05) is 0 Å². The maximum Gasteiger partial charge on any atom is 0.337 e. The lowest BCUT2D eigenvalue weighted by molar-refractivity contribution is 0.0697. The summed E-state index contributed by atoms with van der Waals surface area (Å²) in [5.41, 5.74) is 0.0465. The Labute approximate surface area is 102 Å². The summed E-state index contributed by atoms with van der Waals surface area (Å²) in [6.45, 7) is 0. The second-order valence-electron chi connectivity index (χ2n) is 3.24. The SMILES string of the molecule is O=C(O)c1ccc(Oc2cccnc2)cc1Cl. The Balaban J connectivity index is 2.24. The van der Waals surface area contributed by atoms with E-state index in [2.05, 4.69) is 4.98 Å². The number of aromatic nitrogens is 1. The van der Waals surface area contributed by atoms with E-state index in [-0.39, 0.29) is 10.6 Å². The third-order valence-corrected chi connectivity index (χ3v) is 2.35. The largest absolute Gasteiger partial charge is 0.478 e. The number of ether oxygens (including phenoxy) is 1. The van der Waals surface area contributed by atoms with Gasteiger partial charge in [0.25, 0.3) is 0 Å². The molecule has 1 N–H and O–H groups in total. The lowest BCUT2D eigenvalue weighted by Crippen LogP contribution is -1.97. The number of pyridine rings is 1. The monoisotopic (exact) mass is 249 g/mol. The van der Waals surface area contributed by atoms with E-state index in [0.717, 1.165) is 0 Å². The molecule has 0 amide bonds. The van der Waals surface area contributed by atoms with E-state index in [1.54, 1.807) is 30.6 Å². The van der Waals surface area contributed by atoms with Crippen molar-refractivity contribution in [3.8, 4) is 11.5 Å². The molecule has 0 fully saturated rings. The zero-order chi connectivity index (χ0) is 12.3. The average Bonchev–Trinajstić information content (AvgIpc) is 2.30. The quantitative estimate of drug-likeness (QED) is 0.907. The highest BCUT2D eigenvalue weighted by Gasteiger charge is 2.09. The van der Waals surface area contributed by atoms with Crippen LogP contribution in [0.3, 0.4) is 0 Å². The lowest BCUT2D eigenvalue weighted by atomic mass is 10.2. The van der Waals surface area contributed by atoms with Gasteiger partial charge in [0.1, 0.15) is 11.5 Å². The van der Waals surface area contributed by atoms with E-state index in [1.165, 1.54) is 12.1 Å².